The van der Waals surface area contributed by atoms with E-state index in [9.17, 15) is 17.6 Å². The Balaban J connectivity index is 1.72. The first-order valence-corrected chi connectivity index (χ1v) is 11.4. The number of fused-ring (bicyclic) bond motifs is 1. The van der Waals surface area contributed by atoms with E-state index < -0.39 is 43.9 Å². The molecule has 1 aliphatic carbocycles. The van der Waals surface area contributed by atoms with Crippen molar-refractivity contribution in [1.29, 1.82) is 0 Å². The van der Waals surface area contributed by atoms with Crippen molar-refractivity contribution in [3.8, 4) is 0 Å². The van der Waals surface area contributed by atoms with Crippen molar-refractivity contribution < 1.29 is 22.0 Å². The molecule has 0 spiro atoms. The number of carbonyl (C=O) groups excluding carboxylic acids is 1. The molecular weight excluding hydrogens is 436 g/mol. The van der Waals surface area contributed by atoms with Crippen LogP contribution in [0.5, 0.6) is 0 Å². The zero-order valence-corrected chi connectivity index (χ0v) is 17.3. The molecule has 2 heterocycles. The number of halogens is 3. The van der Waals surface area contributed by atoms with E-state index in [1.165, 1.54) is 18.5 Å². The van der Waals surface area contributed by atoms with Gasteiger partial charge in [-0.15, -0.1) is 0 Å². The first-order valence-electron chi connectivity index (χ1n) is 9.45. The van der Waals surface area contributed by atoms with Crippen LogP contribution >= 0.6 is 11.6 Å². The number of benzene rings is 1. The van der Waals surface area contributed by atoms with E-state index in [-0.39, 0.29) is 10.6 Å². The summed E-state index contributed by atoms with van der Waals surface area (Å²) in [5.74, 6) is -3.30. The molecule has 1 aliphatic rings. The first kappa shape index (κ1) is 20.7. The van der Waals surface area contributed by atoms with E-state index in [4.69, 9.17) is 11.6 Å². The molecule has 10 heteroatoms. The maximum Gasteiger partial charge on any atom is 0.235 e. The number of ketones is 1. The molecule has 30 heavy (non-hydrogen) atoms. The monoisotopic (exact) mass is 453 g/mol. The van der Waals surface area contributed by atoms with Crippen molar-refractivity contribution in [2.24, 2.45) is 0 Å². The summed E-state index contributed by atoms with van der Waals surface area (Å²) in [7, 11) is -3.87. The first-order chi connectivity index (χ1) is 14.3. The smallest absolute Gasteiger partial charge is 0.235 e. The minimum Gasteiger partial charge on any atom is -0.345 e. The Morgan fingerprint density at radius 3 is 2.67 bits per heavy atom. The molecule has 4 rings (SSSR count). The normalized spacial score (nSPS) is 15.4. The van der Waals surface area contributed by atoms with Gasteiger partial charge in [0.2, 0.25) is 15.8 Å². The highest BCUT2D eigenvalue weighted by Gasteiger charge is 2.30. The molecule has 6 nitrogen and oxygen atoms in total. The Morgan fingerprint density at radius 1 is 1.20 bits per heavy atom. The van der Waals surface area contributed by atoms with E-state index in [1.807, 2.05) is 0 Å². The van der Waals surface area contributed by atoms with Gasteiger partial charge in [-0.25, -0.2) is 22.2 Å². The SMILES string of the molecule is O=C(c1c(F)ccc(NS(=O)(=O)C2CCCCC2)c1F)c1c[nH]c2ncc(Cl)cc12. The number of aromatic nitrogens is 2. The summed E-state index contributed by atoms with van der Waals surface area (Å²) in [4.78, 5) is 19.7. The Hall–Kier alpha value is -2.52. The number of nitrogens with one attached hydrogen (secondary N) is 2. The maximum absolute atomic E-state index is 15.1. The number of H-pyrrole nitrogens is 1. The van der Waals surface area contributed by atoms with Crippen molar-refractivity contribution >= 4 is 44.1 Å². The largest absolute Gasteiger partial charge is 0.345 e. The van der Waals surface area contributed by atoms with Gasteiger partial charge in [0, 0.05) is 23.3 Å². The molecule has 1 aromatic carbocycles. The molecule has 1 fully saturated rings. The number of hydrogen-bond acceptors (Lipinski definition) is 4. The summed E-state index contributed by atoms with van der Waals surface area (Å²) in [6.07, 6.45) is 6.13. The molecule has 1 saturated carbocycles. The average molecular weight is 454 g/mol. The second kappa shape index (κ2) is 7.96. The minimum absolute atomic E-state index is 0.0231. The number of nitrogens with zero attached hydrogens (tertiary/aromatic N) is 1. The lowest BCUT2D eigenvalue weighted by molar-refractivity contribution is 0.103. The summed E-state index contributed by atoms with van der Waals surface area (Å²) in [5, 5.41) is -0.0812. The molecule has 0 saturated heterocycles. The van der Waals surface area contributed by atoms with Crippen LogP contribution in [0.2, 0.25) is 5.02 Å². The molecule has 0 radical (unpaired) electrons. The number of carbonyl (C=O) groups is 1. The van der Waals surface area contributed by atoms with Gasteiger partial charge in [0.25, 0.3) is 0 Å². The van der Waals surface area contributed by atoms with E-state index in [2.05, 4.69) is 14.7 Å². The van der Waals surface area contributed by atoms with Crippen LogP contribution in [0.25, 0.3) is 11.0 Å². The number of anilines is 1. The molecule has 0 bridgehead atoms. The maximum atomic E-state index is 15.1. The highest BCUT2D eigenvalue weighted by molar-refractivity contribution is 7.93. The molecule has 2 N–H and O–H groups in total. The van der Waals surface area contributed by atoms with Gasteiger partial charge in [-0.05, 0) is 31.0 Å². The summed E-state index contributed by atoms with van der Waals surface area (Å²) < 4.78 is 57.0. The van der Waals surface area contributed by atoms with Crippen LogP contribution in [0.15, 0.2) is 30.6 Å². The summed E-state index contributed by atoms with van der Waals surface area (Å²) in [6.45, 7) is 0. The van der Waals surface area contributed by atoms with Crippen LogP contribution < -0.4 is 4.72 Å². The van der Waals surface area contributed by atoms with Crippen LogP contribution in [-0.2, 0) is 10.0 Å². The van der Waals surface area contributed by atoms with Crippen LogP contribution in [0.3, 0.4) is 0 Å². The number of pyridine rings is 1. The molecular formula is C20H18ClF2N3O3S. The standard InChI is InChI=1S/C20H18ClF2N3O3S/c21-11-8-13-14(10-25-20(13)24-9-11)19(27)17-15(22)6-7-16(18(17)23)26-30(28,29)12-4-2-1-3-5-12/h6-10,12,26H,1-5H2,(H,24,25). The van der Waals surface area contributed by atoms with Gasteiger partial charge in [0.1, 0.15) is 11.5 Å². The van der Waals surface area contributed by atoms with Gasteiger partial charge in [0.05, 0.1) is 21.5 Å². The predicted molar refractivity (Wildman–Crippen MR) is 110 cm³/mol. The highest BCUT2D eigenvalue weighted by atomic mass is 35.5. The zero-order chi connectivity index (χ0) is 21.5. The Bertz CT molecular complexity index is 1240. The third-order valence-corrected chi connectivity index (χ3v) is 7.36. The van der Waals surface area contributed by atoms with Crippen LogP contribution in [0, 0.1) is 11.6 Å². The summed E-state index contributed by atoms with van der Waals surface area (Å²) >= 11 is 5.92. The van der Waals surface area contributed by atoms with Crippen molar-refractivity contribution in [2.75, 3.05) is 4.72 Å². The number of sulfonamides is 1. The average Bonchev–Trinajstić information content (AvgIpc) is 3.14. The third-order valence-electron chi connectivity index (χ3n) is 5.30. The van der Waals surface area contributed by atoms with Crippen molar-refractivity contribution in [3.63, 3.8) is 0 Å². The van der Waals surface area contributed by atoms with Gasteiger partial charge < -0.3 is 4.98 Å². The van der Waals surface area contributed by atoms with Gasteiger partial charge in [-0.3, -0.25) is 9.52 Å². The molecule has 3 aromatic rings. The van der Waals surface area contributed by atoms with Crippen molar-refractivity contribution in [3.05, 3.63) is 58.4 Å². The highest BCUT2D eigenvalue weighted by Crippen LogP contribution is 2.30. The van der Waals surface area contributed by atoms with E-state index in [0.29, 0.717) is 23.9 Å². The number of aromatic amines is 1. The fourth-order valence-corrected chi connectivity index (χ4v) is 5.49. The molecule has 158 valence electrons. The van der Waals surface area contributed by atoms with Gasteiger partial charge in [-0.2, -0.15) is 0 Å². The molecule has 0 aliphatic heterocycles. The Morgan fingerprint density at radius 2 is 1.93 bits per heavy atom. The second-order valence-corrected chi connectivity index (χ2v) is 9.67. The summed E-state index contributed by atoms with van der Waals surface area (Å²) in [5.41, 5.74) is -0.996. The number of rotatable bonds is 5. The molecule has 2 aromatic heterocycles. The zero-order valence-electron chi connectivity index (χ0n) is 15.7. The van der Waals surface area contributed by atoms with E-state index in [0.717, 1.165) is 31.4 Å². The minimum atomic E-state index is -3.87. The van der Waals surface area contributed by atoms with E-state index in [1.54, 1.807) is 0 Å². The fraction of sp³-hybridized carbons (Fsp3) is 0.300. The second-order valence-electron chi connectivity index (χ2n) is 7.27. The molecule has 0 atom stereocenters. The fourth-order valence-electron chi connectivity index (χ4n) is 3.75. The number of hydrogen-bond donors (Lipinski definition) is 2. The van der Waals surface area contributed by atoms with Crippen LogP contribution in [-0.4, -0.2) is 29.4 Å². The molecule has 0 amide bonds. The topological polar surface area (TPSA) is 91.9 Å². The lowest BCUT2D eigenvalue weighted by Crippen LogP contribution is -2.30. The van der Waals surface area contributed by atoms with Crippen molar-refractivity contribution in [2.45, 2.75) is 37.4 Å². The van der Waals surface area contributed by atoms with E-state index >= 15 is 4.39 Å². The predicted octanol–water partition coefficient (Wildman–Crippen LogP) is 4.80. The lowest BCUT2D eigenvalue weighted by Gasteiger charge is -2.22. The lowest BCUT2D eigenvalue weighted by atomic mass is 10.0. The van der Waals surface area contributed by atoms with Crippen LogP contribution in [0.4, 0.5) is 14.5 Å². The molecule has 0 unspecified atom stereocenters. The van der Waals surface area contributed by atoms with Crippen molar-refractivity contribution in [1.82, 2.24) is 9.97 Å². The third kappa shape index (κ3) is 3.79. The summed E-state index contributed by atoms with van der Waals surface area (Å²) in [6, 6.07) is 3.31. The van der Waals surface area contributed by atoms with Gasteiger partial charge in [0.15, 0.2) is 5.82 Å². The Kier molecular flexibility index (Phi) is 5.50. The van der Waals surface area contributed by atoms with Crippen LogP contribution in [0.1, 0.15) is 48.0 Å². The quantitative estimate of drug-likeness (QED) is 0.543. The Labute approximate surface area is 176 Å². The van der Waals surface area contributed by atoms with Gasteiger partial charge in [-0.1, -0.05) is 30.9 Å². The van der Waals surface area contributed by atoms with Gasteiger partial charge >= 0.3 is 0 Å².